The fourth-order valence-corrected chi connectivity index (χ4v) is 0.448. The van der Waals surface area contributed by atoms with E-state index >= 15 is 0 Å². The van der Waals surface area contributed by atoms with E-state index in [9.17, 15) is 0 Å². The van der Waals surface area contributed by atoms with Gasteiger partial charge < -0.3 is 5.73 Å². The van der Waals surface area contributed by atoms with Crippen molar-refractivity contribution in [2.45, 2.75) is 19.8 Å². The molecule has 1 atom stereocenters. The first-order valence-corrected chi connectivity index (χ1v) is 2.94. The molecule has 0 radical (unpaired) electrons. The van der Waals surface area contributed by atoms with E-state index in [2.05, 4.69) is 12.8 Å². The minimum atomic E-state index is 0.589. The quantitative estimate of drug-likeness (QED) is 0.540. The van der Waals surface area contributed by atoms with Crippen LogP contribution in [0.3, 0.4) is 0 Å². The largest absolute Gasteiger partial charge is 0.330 e. The topological polar surface area (TPSA) is 26.0 Å². The Morgan fingerprint density at radius 1 is 1.75 bits per heavy atom. The lowest BCUT2D eigenvalue weighted by molar-refractivity contribution is 0.555. The number of hydrogen-bond donors (Lipinski definition) is 1. The smallest absolute Gasteiger partial charge is 0.00890 e. The van der Waals surface area contributed by atoms with Crippen LogP contribution in [0.4, 0.5) is 0 Å². The van der Waals surface area contributed by atoms with Gasteiger partial charge >= 0.3 is 0 Å². The normalized spacial score (nSPS) is 12.6. The first kappa shape index (κ1) is 7.52. The average Bonchev–Trinajstić information content (AvgIpc) is 1.83. The molecule has 0 amide bonds. The van der Waals surface area contributed by atoms with Crippen molar-refractivity contribution in [1.82, 2.24) is 0 Å². The van der Waals surface area contributed by atoms with Crippen molar-refractivity contribution in [3.63, 3.8) is 0 Å². The highest BCUT2D eigenvalue weighted by Gasteiger charge is 1.94. The Bertz CT molecular complexity index is 80.9. The Labute approximate surface area is 51.3 Å². The zero-order valence-electron chi connectivity index (χ0n) is 5.35. The molecule has 0 aliphatic rings. The summed E-state index contributed by atoms with van der Waals surface area (Å²) >= 11 is 0. The van der Waals surface area contributed by atoms with Gasteiger partial charge in [-0.2, -0.15) is 0 Å². The van der Waals surface area contributed by atoms with Crippen LogP contribution in [0.25, 0.3) is 0 Å². The van der Waals surface area contributed by atoms with E-state index in [4.69, 9.17) is 12.2 Å². The number of nitrogens with two attached hydrogens (primary N) is 1. The van der Waals surface area contributed by atoms with E-state index in [0.717, 1.165) is 19.4 Å². The van der Waals surface area contributed by atoms with Gasteiger partial charge in [-0.3, -0.25) is 0 Å². The summed E-state index contributed by atoms with van der Waals surface area (Å²) in [5.41, 5.74) is 5.34. The molecule has 0 heterocycles. The summed E-state index contributed by atoms with van der Waals surface area (Å²) < 4.78 is 0. The molecule has 0 spiro atoms. The maximum absolute atomic E-state index is 5.34. The number of rotatable bonds is 3. The van der Waals surface area contributed by atoms with Crippen LogP contribution >= 0.6 is 0 Å². The van der Waals surface area contributed by atoms with Crippen molar-refractivity contribution in [1.29, 1.82) is 0 Å². The summed E-state index contributed by atoms with van der Waals surface area (Å²) in [7, 11) is 0. The third-order valence-corrected chi connectivity index (χ3v) is 1.18. The summed E-state index contributed by atoms with van der Waals surface area (Å²) in [6, 6.07) is 0. The Morgan fingerprint density at radius 3 is 2.75 bits per heavy atom. The molecule has 0 saturated carbocycles. The fraction of sp³-hybridized carbons (Fsp3) is 0.714. The lowest BCUT2D eigenvalue weighted by Gasteiger charge is -2.02. The maximum atomic E-state index is 5.34. The van der Waals surface area contributed by atoms with Crippen molar-refractivity contribution in [2.75, 3.05) is 6.54 Å². The van der Waals surface area contributed by atoms with Gasteiger partial charge in [-0.05, 0) is 18.9 Å². The Kier molecular flexibility index (Phi) is 4.39. The SMILES string of the molecule is C#CCCC(C)CN. The third kappa shape index (κ3) is 3.70. The van der Waals surface area contributed by atoms with Crippen molar-refractivity contribution < 1.29 is 0 Å². The molecule has 1 heteroatoms. The van der Waals surface area contributed by atoms with Crippen molar-refractivity contribution in [2.24, 2.45) is 11.7 Å². The lowest BCUT2D eigenvalue weighted by Crippen LogP contribution is -2.09. The monoisotopic (exact) mass is 111 g/mol. The second kappa shape index (κ2) is 4.67. The molecule has 8 heavy (non-hydrogen) atoms. The predicted molar refractivity (Wildman–Crippen MR) is 36.3 cm³/mol. The summed E-state index contributed by atoms with van der Waals surface area (Å²) in [5, 5.41) is 0. The Hall–Kier alpha value is -0.480. The van der Waals surface area contributed by atoms with Crippen LogP contribution in [0.15, 0.2) is 0 Å². The summed E-state index contributed by atoms with van der Waals surface area (Å²) in [5.74, 6) is 3.17. The lowest BCUT2D eigenvalue weighted by atomic mass is 10.1. The summed E-state index contributed by atoms with van der Waals surface area (Å²) in [6.45, 7) is 2.86. The fourth-order valence-electron chi connectivity index (χ4n) is 0.448. The molecular weight excluding hydrogens is 98.1 g/mol. The van der Waals surface area contributed by atoms with Crippen molar-refractivity contribution in [3.8, 4) is 12.3 Å². The minimum Gasteiger partial charge on any atom is -0.330 e. The summed E-state index contributed by atoms with van der Waals surface area (Å²) in [4.78, 5) is 0. The zero-order valence-corrected chi connectivity index (χ0v) is 5.35. The molecule has 46 valence electrons. The minimum absolute atomic E-state index is 0.589. The molecular formula is C7H13N. The first-order chi connectivity index (χ1) is 3.81. The molecule has 0 aromatic rings. The number of terminal acetylenes is 1. The van der Waals surface area contributed by atoms with E-state index in [1.165, 1.54) is 0 Å². The van der Waals surface area contributed by atoms with Gasteiger partial charge in [0.2, 0.25) is 0 Å². The van der Waals surface area contributed by atoms with E-state index in [1.807, 2.05) is 0 Å². The molecule has 0 fully saturated rings. The number of hydrogen-bond acceptors (Lipinski definition) is 1. The van der Waals surface area contributed by atoms with Crippen LogP contribution in [-0.2, 0) is 0 Å². The van der Waals surface area contributed by atoms with Crippen molar-refractivity contribution >= 4 is 0 Å². The van der Waals surface area contributed by atoms with Gasteiger partial charge in [-0.25, -0.2) is 0 Å². The molecule has 0 aliphatic heterocycles. The third-order valence-electron chi connectivity index (χ3n) is 1.18. The van der Waals surface area contributed by atoms with E-state index in [1.54, 1.807) is 0 Å². The molecule has 0 saturated heterocycles. The van der Waals surface area contributed by atoms with Gasteiger partial charge in [-0.15, -0.1) is 12.3 Å². The van der Waals surface area contributed by atoms with E-state index in [0.29, 0.717) is 5.92 Å². The van der Waals surface area contributed by atoms with Gasteiger partial charge in [0, 0.05) is 6.42 Å². The standard InChI is InChI=1S/C7H13N/c1-3-4-5-7(2)6-8/h1,7H,4-6,8H2,2H3. The second-order valence-electron chi connectivity index (χ2n) is 2.08. The highest BCUT2D eigenvalue weighted by atomic mass is 14.5. The summed E-state index contributed by atoms with van der Waals surface area (Å²) in [6.07, 6.45) is 6.96. The Balaban J connectivity index is 3.01. The maximum Gasteiger partial charge on any atom is 0.00890 e. The molecule has 0 aliphatic carbocycles. The molecule has 1 unspecified atom stereocenters. The van der Waals surface area contributed by atoms with E-state index in [-0.39, 0.29) is 0 Å². The highest BCUT2D eigenvalue weighted by Crippen LogP contribution is 2.00. The predicted octanol–water partition coefficient (Wildman–Crippen LogP) is 0.995. The highest BCUT2D eigenvalue weighted by molar-refractivity contribution is 4.83. The zero-order chi connectivity index (χ0) is 6.41. The van der Waals surface area contributed by atoms with Gasteiger partial charge in [0.25, 0.3) is 0 Å². The van der Waals surface area contributed by atoms with Crippen LogP contribution in [0.2, 0.25) is 0 Å². The second-order valence-corrected chi connectivity index (χ2v) is 2.08. The molecule has 0 aromatic carbocycles. The van der Waals surface area contributed by atoms with Crippen LogP contribution in [0, 0.1) is 18.3 Å². The molecule has 0 rings (SSSR count). The molecule has 1 nitrogen and oxygen atoms in total. The first-order valence-electron chi connectivity index (χ1n) is 2.94. The molecule has 0 aromatic heterocycles. The van der Waals surface area contributed by atoms with E-state index < -0.39 is 0 Å². The van der Waals surface area contributed by atoms with Gasteiger partial charge in [0.05, 0.1) is 0 Å². The van der Waals surface area contributed by atoms with Gasteiger partial charge in [-0.1, -0.05) is 6.92 Å². The van der Waals surface area contributed by atoms with Crippen LogP contribution in [0.5, 0.6) is 0 Å². The average molecular weight is 111 g/mol. The molecule has 2 N–H and O–H groups in total. The van der Waals surface area contributed by atoms with Gasteiger partial charge in [0.15, 0.2) is 0 Å². The van der Waals surface area contributed by atoms with Crippen LogP contribution in [-0.4, -0.2) is 6.54 Å². The Morgan fingerprint density at radius 2 is 2.38 bits per heavy atom. The van der Waals surface area contributed by atoms with Crippen LogP contribution < -0.4 is 5.73 Å². The van der Waals surface area contributed by atoms with Crippen LogP contribution in [0.1, 0.15) is 19.8 Å². The van der Waals surface area contributed by atoms with Gasteiger partial charge in [0.1, 0.15) is 0 Å². The molecule has 0 bridgehead atoms. The van der Waals surface area contributed by atoms with Crippen molar-refractivity contribution in [3.05, 3.63) is 0 Å².